The second-order valence-corrected chi connectivity index (χ2v) is 8.24. The van der Waals surface area contributed by atoms with E-state index < -0.39 is 0 Å². The molecule has 166 valence electrons. The SMILES string of the molecule is CC(=O)N1CCc2ccccc2C1CC(=O)NC(C)c1cnn(-c2ccc(F)cc2)c1C. The fraction of sp³-hybridized carbons (Fsp3) is 0.320. The Morgan fingerprint density at radius 1 is 1.19 bits per heavy atom. The zero-order valence-electron chi connectivity index (χ0n) is 18.5. The number of halogens is 1. The van der Waals surface area contributed by atoms with E-state index in [1.807, 2.05) is 32.0 Å². The van der Waals surface area contributed by atoms with E-state index in [9.17, 15) is 14.0 Å². The number of carbonyl (C=O) groups excluding carboxylic acids is 2. The number of benzene rings is 2. The monoisotopic (exact) mass is 434 g/mol. The van der Waals surface area contributed by atoms with Gasteiger partial charge in [0.2, 0.25) is 11.8 Å². The maximum atomic E-state index is 13.2. The molecule has 1 N–H and O–H groups in total. The van der Waals surface area contributed by atoms with Crippen molar-refractivity contribution in [2.45, 2.75) is 45.7 Å². The van der Waals surface area contributed by atoms with Gasteiger partial charge < -0.3 is 10.2 Å². The van der Waals surface area contributed by atoms with Crippen LogP contribution in [0, 0.1) is 12.7 Å². The number of nitrogens with zero attached hydrogens (tertiary/aromatic N) is 3. The van der Waals surface area contributed by atoms with Crippen LogP contribution < -0.4 is 5.32 Å². The second-order valence-electron chi connectivity index (χ2n) is 8.24. The van der Waals surface area contributed by atoms with Crippen molar-refractivity contribution in [3.63, 3.8) is 0 Å². The maximum absolute atomic E-state index is 13.2. The lowest BCUT2D eigenvalue weighted by Gasteiger charge is -2.36. The number of amides is 2. The van der Waals surface area contributed by atoms with Gasteiger partial charge in [-0.1, -0.05) is 24.3 Å². The summed E-state index contributed by atoms with van der Waals surface area (Å²) in [5, 5.41) is 7.47. The third kappa shape index (κ3) is 4.28. The van der Waals surface area contributed by atoms with Crippen LogP contribution in [0.25, 0.3) is 5.69 Å². The van der Waals surface area contributed by atoms with Gasteiger partial charge in [0, 0.05) is 24.7 Å². The molecule has 1 aliphatic rings. The largest absolute Gasteiger partial charge is 0.349 e. The first-order valence-electron chi connectivity index (χ1n) is 10.8. The number of carbonyl (C=O) groups is 2. The lowest BCUT2D eigenvalue weighted by atomic mass is 9.90. The number of rotatable bonds is 5. The van der Waals surface area contributed by atoms with Crippen molar-refractivity contribution in [3.05, 3.63) is 82.9 Å². The third-order valence-electron chi connectivity index (χ3n) is 6.16. The molecule has 32 heavy (non-hydrogen) atoms. The topological polar surface area (TPSA) is 67.2 Å². The molecule has 0 fully saturated rings. The zero-order chi connectivity index (χ0) is 22.8. The molecular weight excluding hydrogens is 407 g/mol. The molecule has 2 heterocycles. The summed E-state index contributed by atoms with van der Waals surface area (Å²) in [7, 11) is 0. The Labute approximate surface area is 187 Å². The Morgan fingerprint density at radius 3 is 2.62 bits per heavy atom. The van der Waals surface area contributed by atoms with Gasteiger partial charge in [-0.3, -0.25) is 9.59 Å². The smallest absolute Gasteiger partial charge is 0.222 e. The number of hydrogen-bond donors (Lipinski definition) is 1. The maximum Gasteiger partial charge on any atom is 0.222 e. The van der Waals surface area contributed by atoms with E-state index in [2.05, 4.69) is 16.5 Å². The Morgan fingerprint density at radius 2 is 1.91 bits per heavy atom. The molecule has 2 unspecified atom stereocenters. The molecular formula is C25H27FN4O2. The molecule has 0 saturated heterocycles. The number of nitrogens with one attached hydrogen (secondary N) is 1. The number of fused-ring (bicyclic) bond motifs is 1. The van der Waals surface area contributed by atoms with Crippen molar-refractivity contribution >= 4 is 11.8 Å². The quantitative estimate of drug-likeness (QED) is 0.659. The van der Waals surface area contributed by atoms with E-state index in [0.717, 1.165) is 28.9 Å². The summed E-state index contributed by atoms with van der Waals surface area (Å²) >= 11 is 0. The van der Waals surface area contributed by atoms with Crippen LogP contribution in [0.3, 0.4) is 0 Å². The summed E-state index contributed by atoms with van der Waals surface area (Å²) in [5.74, 6) is -0.454. The molecule has 2 atom stereocenters. The predicted octanol–water partition coefficient (Wildman–Crippen LogP) is 4.03. The van der Waals surface area contributed by atoms with Crippen LogP contribution in [-0.2, 0) is 16.0 Å². The molecule has 6 nitrogen and oxygen atoms in total. The lowest BCUT2D eigenvalue weighted by molar-refractivity contribution is -0.133. The molecule has 1 aromatic heterocycles. The molecule has 0 bridgehead atoms. The van der Waals surface area contributed by atoms with Crippen LogP contribution in [0.1, 0.15) is 54.7 Å². The number of aromatic nitrogens is 2. The molecule has 4 rings (SSSR count). The molecule has 0 aliphatic carbocycles. The van der Waals surface area contributed by atoms with Crippen molar-refractivity contribution < 1.29 is 14.0 Å². The van der Waals surface area contributed by atoms with Crippen LogP contribution in [0.2, 0.25) is 0 Å². The van der Waals surface area contributed by atoms with Crippen LogP contribution in [0.4, 0.5) is 4.39 Å². The van der Waals surface area contributed by atoms with Crippen molar-refractivity contribution in [2.24, 2.45) is 0 Å². The molecule has 7 heteroatoms. The van der Waals surface area contributed by atoms with Gasteiger partial charge in [0.15, 0.2) is 0 Å². The van der Waals surface area contributed by atoms with Crippen LogP contribution in [0.5, 0.6) is 0 Å². The normalized spacial score (nSPS) is 16.4. The van der Waals surface area contributed by atoms with Crippen LogP contribution in [0.15, 0.2) is 54.7 Å². The molecule has 2 amide bonds. The Balaban J connectivity index is 1.49. The first-order chi connectivity index (χ1) is 15.3. The molecule has 0 saturated carbocycles. The van der Waals surface area contributed by atoms with Gasteiger partial charge in [0.25, 0.3) is 0 Å². The average molecular weight is 435 g/mol. The van der Waals surface area contributed by atoms with E-state index in [0.29, 0.717) is 6.54 Å². The molecule has 0 spiro atoms. The molecule has 0 radical (unpaired) electrons. The van der Waals surface area contributed by atoms with E-state index >= 15 is 0 Å². The minimum Gasteiger partial charge on any atom is -0.349 e. The molecule has 2 aromatic carbocycles. The lowest BCUT2D eigenvalue weighted by Crippen LogP contribution is -2.41. The van der Waals surface area contributed by atoms with Crippen molar-refractivity contribution in [2.75, 3.05) is 6.54 Å². The summed E-state index contributed by atoms with van der Waals surface area (Å²) in [6.45, 7) is 6.00. The van der Waals surface area contributed by atoms with Crippen LogP contribution in [-0.4, -0.2) is 33.0 Å². The predicted molar refractivity (Wildman–Crippen MR) is 120 cm³/mol. The average Bonchev–Trinajstić information content (AvgIpc) is 3.15. The minimum atomic E-state index is -0.302. The Kier molecular flexibility index (Phi) is 6.08. The molecule has 3 aromatic rings. The summed E-state index contributed by atoms with van der Waals surface area (Å²) < 4.78 is 15.0. The van der Waals surface area contributed by atoms with Crippen molar-refractivity contribution in [1.82, 2.24) is 20.0 Å². The molecule has 1 aliphatic heterocycles. The van der Waals surface area contributed by atoms with Crippen LogP contribution >= 0.6 is 0 Å². The number of hydrogen-bond acceptors (Lipinski definition) is 3. The minimum absolute atomic E-state index is 0.0261. The Bertz CT molecular complexity index is 1140. The van der Waals surface area contributed by atoms with Gasteiger partial charge >= 0.3 is 0 Å². The summed E-state index contributed by atoms with van der Waals surface area (Å²) in [4.78, 5) is 27.0. The van der Waals surface area contributed by atoms with E-state index in [-0.39, 0.29) is 36.1 Å². The fourth-order valence-electron chi connectivity index (χ4n) is 4.49. The highest BCUT2D eigenvalue weighted by molar-refractivity contribution is 5.80. The second kappa shape index (κ2) is 8.94. The summed E-state index contributed by atoms with van der Waals surface area (Å²) in [6.07, 6.45) is 2.72. The van der Waals surface area contributed by atoms with Crippen molar-refractivity contribution in [1.29, 1.82) is 0 Å². The van der Waals surface area contributed by atoms with Gasteiger partial charge in [-0.15, -0.1) is 0 Å². The summed E-state index contributed by atoms with van der Waals surface area (Å²) in [5.41, 5.74) is 4.74. The standard InChI is InChI=1S/C25H27FN4O2/c1-16(23-15-27-30(17(23)2)21-10-8-20(26)9-11-21)28-25(32)14-24-22-7-5-4-6-19(22)12-13-29(24)18(3)31/h4-11,15-16,24H,12-14H2,1-3H3,(H,28,32). The fourth-order valence-corrected chi connectivity index (χ4v) is 4.49. The van der Waals surface area contributed by atoms with Gasteiger partial charge in [0.1, 0.15) is 5.82 Å². The van der Waals surface area contributed by atoms with E-state index in [1.165, 1.54) is 17.7 Å². The first kappa shape index (κ1) is 21.7. The first-order valence-corrected chi connectivity index (χ1v) is 10.8. The van der Waals surface area contributed by atoms with E-state index in [1.54, 1.807) is 34.8 Å². The highest BCUT2D eigenvalue weighted by Gasteiger charge is 2.31. The van der Waals surface area contributed by atoms with Gasteiger partial charge in [-0.05, 0) is 55.7 Å². The van der Waals surface area contributed by atoms with Gasteiger partial charge in [-0.25, -0.2) is 9.07 Å². The van der Waals surface area contributed by atoms with Crippen molar-refractivity contribution in [3.8, 4) is 5.69 Å². The van der Waals surface area contributed by atoms with Gasteiger partial charge in [0.05, 0.1) is 30.4 Å². The highest BCUT2D eigenvalue weighted by atomic mass is 19.1. The summed E-state index contributed by atoms with van der Waals surface area (Å²) in [6, 6.07) is 13.6. The highest BCUT2D eigenvalue weighted by Crippen LogP contribution is 2.32. The zero-order valence-corrected chi connectivity index (χ0v) is 18.5. The Hall–Kier alpha value is -3.48. The van der Waals surface area contributed by atoms with E-state index in [4.69, 9.17) is 0 Å². The third-order valence-corrected chi connectivity index (χ3v) is 6.16. The van der Waals surface area contributed by atoms with Gasteiger partial charge in [-0.2, -0.15) is 5.10 Å².